The first kappa shape index (κ1) is 26.0. The Morgan fingerprint density at radius 3 is 2.11 bits per heavy atom. The predicted molar refractivity (Wildman–Crippen MR) is 133 cm³/mol. The number of sulfonamides is 1. The fourth-order valence-corrected chi connectivity index (χ4v) is 5.19. The van der Waals surface area contributed by atoms with E-state index in [4.69, 9.17) is 9.47 Å². The number of nitrogens with one attached hydrogen (secondary N) is 1. The predicted octanol–water partition coefficient (Wildman–Crippen LogP) is 4.53. The average molecular weight is 501 g/mol. The van der Waals surface area contributed by atoms with Crippen LogP contribution in [-0.2, 0) is 14.8 Å². The first-order valence-corrected chi connectivity index (χ1v) is 12.4. The number of carbonyl (C=O) groups is 1. The Kier molecular flexibility index (Phi) is 8.01. The number of benzene rings is 3. The minimum absolute atomic E-state index is 0.0475. The number of anilines is 1. The largest absolute Gasteiger partial charge is 0.493 e. The molecule has 3 rings (SSSR count). The molecule has 0 aliphatic heterocycles. The van der Waals surface area contributed by atoms with Gasteiger partial charge < -0.3 is 14.8 Å². The van der Waals surface area contributed by atoms with Crippen LogP contribution in [0.5, 0.6) is 11.5 Å². The molecule has 0 saturated heterocycles. The van der Waals surface area contributed by atoms with Gasteiger partial charge in [0.05, 0.1) is 30.8 Å². The highest BCUT2D eigenvalue weighted by Crippen LogP contribution is 2.32. The van der Waals surface area contributed by atoms with E-state index in [1.807, 2.05) is 19.9 Å². The van der Waals surface area contributed by atoms with Gasteiger partial charge in [-0.2, -0.15) is 0 Å². The lowest BCUT2D eigenvalue weighted by atomic mass is 10.1. The smallest absolute Gasteiger partial charge is 0.264 e. The summed E-state index contributed by atoms with van der Waals surface area (Å²) in [4.78, 5) is 13.0. The molecule has 9 heteroatoms. The van der Waals surface area contributed by atoms with Gasteiger partial charge in [0.1, 0.15) is 12.4 Å². The summed E-state index contributed by atoms with van der Waals surface area (Å²) in [7, 11) is -1.28. The van der Waals surface area contributed by atoms with Crippen LogP contribution >= 0.6 is 0 Å². The van der Waals surface area contributed by atoms with Gasteiger partial charge >= 0.3 is 0 Å². The first-order valence-electron chi connectivity index (χ1n) is 10.9. The molecule has 0 heterocycles. The molecule has 0 aromatic heterocycles. The van der Waals surface area contributed by atoms with Crippen LogP contribution in [-0.4, -0.2) is 35.1 Å². The van der Waals surface area contributed by atoms with Gasteiger partial charge in [-0.3, -0.25) is 9.10 Å². The molecule has 186 valence electrons. The van der Waals surface area contributed by atoms with E-state index in [1.165, 1.54) is 44.6 Å². The topological polar surface area (TPSA) is 84.9 Å². The fraction of sp³-hybridized carbons (Fsp3) is 0.269. The van der Waals surface area contributed by atoms with Crippen LogP contribution in [0.2, 0.25) is 0 Å². The molecule has 0 unspecified atom stereocenters. The molecule has 0 fully saturated rings. The minimum Gasteiger partial charge on any atom is -0.493 e. The van der Waals surface area contributed by atoms with Crippen molar-refractivity contribution in [3.63, 3.8) is 0 Å². The lowest BCUT2D eigenvalue weighted by Crippen LogP contribution is -2.41. The lowest BCUT2D eigenvalue weighted by Gasteiger charge is -2.26. The van der Waals surface area contributed by atoms with E-state index in [0.717, 1.165) is 15.4 Å². The van der Waals surface area contributed by atoms with Crippen LogP contribution in [0.4, 0.5) is 10.1 Å². The number of hydrogen-bond acceptors (Lipinski definition) is 5. The summed E-state index contributed by atoms with van der Waals surface area (Å²) in [6, 6.07) is 14.9. The van der Waals surface area contributed by atoms with Gasteiger partial charge in [-0.1, -0.05) is 18.2 Å². The van der Waals surface area contributed by atoms with E-state index in [1.54, 1.807) is 31.2 Å². The average Bonchev–Trinajstić information content (AvgIpc) is 2.81. The molecule has 0 bridgehead atoms. The molecule has 1 N–H and O–H groups in total. The Labute approximate surface area is 205 Å². The molecule has 3 aromatic carbocycles. The molecule has 35 heavy (non-hydrogen) atoms. The number of methoxy groups -OCH3 is 2. The molecule has 1 atom stereocenters. The van der Waals surface area contributed by atoms with Crippen molar-refractivity contribution in [2.45, 2.75) is 31.7 Å². The highest BCUT2D eigenvalue weighted by Gasteiger charge is 2.29. The SMILES string of the molecule is COc1ccc(S(=O)(=O)N(CC(=O)N[C@H](C)c2ccc(F)cc2)c2cc(C)cc(C)c2)cc1OC. The van der Waals surface area contributed by atoms with Crippen LogP contribution in [0.15, 0.2) is 65.6 Å². The number of carbonyl (C=O) groups excluding carboxylic acids is 1. The lowest BCUT2D eigenvalue weighted by molar-refractivity contribution is -0.120. The maximum absolute atomic E-state index is 13.8. The third kappa shape index (κ3) is 6.10. The van der Waals surface area contributed by atoms with Crippen molar-refractivity contribution >= 4 is 21.6 Å². The van der Waals surface area contributed by atoms with E-state index in [2.05, 4.69) is 5.32 Å². The van der Waals surface area contributed by atoms with Gasteiger partial charge in [-0.25, -0.2) is 12.8 Å². The van der Waals surface area contributed by atoms with Crippen LogP contribution in [0.3, 0.4) is 0 Å². The summed E-state index contributed by atoms with van der Waals surface area (Å²) in [6.45, 7) is 5.00. The zero-order valence-electron chi connectivity index (χ0n) is 20.3. The Morgan fingerprint density at radius 2 is 1.54 bits per heavy atom. The molecule has 0 radical (unpaired) electrons. The number of aryl methyl sites for hydroxylation is 2. The summed E-state index contributed by atoms with van der Waals surface area (Å²) in [6.07, 6.45) is 0. The molecule has 0 aliphatic carbocycles. The second kappa shape index (κ2) is 10.8. The number of hydrogen-bond donors (Lipinski definition) is 1. The maximum Gasteiger partial charge on any atom is 0.264 e. The van der Waals surface area contributed by atoms with Gasteiger partial charge in [0.25, 0.3) is 10.0 Å². The number of ether oxygens (including phenoxy) is 2. The van der Waals surface area contributed by atoms with E-state index >= 15 is 0 Å². The monoisotopic (exact) mass is 500 g/mol. The molecule has 0 spiro atoms. The van der Waals surface area contributed by atoms with Crippen molar-refractivity contribution in [1.29, 1.82) is 0 Å². The Bertz CT molecular complexity index is 1290. The highest BCUT2D eigenvalue weighted by atomic mass is 32.2. The maximum atomic E-state index is 13.8. The van der Waals surface area contributed by atoms with Gasteiger partial charge in [0, 0.05) is 6.07 Å². The Morgan fingerprint density at radius 1 is 0.943 bits per heavy atom. The second-order valence-electron chi connectivity index (χ2n) is 8.22. The van der Waals surface area contributed by atoms with E-state index in [0.29, 0.717) is 17.0 Å². The van der Waals surface area contributed by atoms with Crippen LogP contribution in [0.1, 0.15) is 29.7 Å². The molecular formula is C26H29FN2O5S. The summed E-state index contributed by atoms with van der Waals surface area (Å²) < 4.78 is 52.3. The number of nitrogens with zero attached hydrogens (tertiary/aromatic N) is 1. The quantitative estimate of drug-likeness (QED) is 0.467. The minimum atomic E-state index is -4.16. The number of amides is 1. The number of rotatable bonds is 9. The van der Waals surface area contributed by atoms with Crippen molar-refractivity contribution in [1.82, 2.24) is 5.32 Å². The van der Waals surface area contributed by atoms with E-state index in [-0.39, 0.29) is 16.5 Å². The Balaban J connectivity index is 1.98. The van der Waals surface area contributed by atoms with Gasteiger partial charge in [0.15, 0.2) is 11.5 Å². The van der Waals surface area contributed by atoms with Crippen molar-refractivity contribution in [3.05, 3.63) is 83.2 Å². The van der Waals surface area contributed by atoms with Crippen molar-refractivity contribution in [2.24, 2.45) is 0 Å². The van der Waals surface area contributed by atoms with Crippen LogP contribution < -0.4 is 19.1 Å². The third-order valence-electron chi connectivity index (χ3n) is 5.47. The van der Waals surface area contributed by atoms with Gasteiger partial charge in [0.2, 0.25) is 5.91 Å². The van der Waals surface area contributed by atoms with Crippen molar-refractivity contribution in [3.8, 4) is 11.5 Å². The fourth-order valence-electron chi connectivity index (χ4n) is 3.77. The van der Waals surface area contributed by atoms with E-state index < -0.39 is 28.5 Å². The number of halogens is 1. The normalized spacial score (nSPS) is 12.1. The molecule has 7 nitrogen and oxygen atoms in total. The van der Waals surface area contributed by atoms with Gasteiger partial charge in [-0.15, -0.1) is 0 Å². The summed E-state index contributed by atoms with van der Waals surface area (Å²) in [5, 5.41) is 2.80. The zero-order valence-corrected chi connectivity index (χ0v) is 21.1. The zero-order chi connectivity index (χ0) is 25.8. The summed E-state index contributed by atoms with van der Waals surface area (Å²) in [5.41, 5.74) is 2.77. The van der Waals surface area contributed by atoms with Crippen molar-refractivity contribution < 1.29 is 27.1 Å². The molecular weight excluding hydrogens is 471 g/mol. The first-order chi connectivity index (χ1) is 16.5. The molecule has 1 amide bonds. The second-order valence-corrected chi connectivity index (χ2v) is 10.1. The highest BCUT2D eigenvalue weighted by molar-refractivity contribution is 7.92. The summed E-state index contributed by atoms with van der Waals surface area (Å²) >= 11 is 0. The summed E-state index contributed by atoms with van der Waals surface area (Å²) in [5.74, 6) is -0.252. The molecule has 0 aliphatic rings. The molecule has 3 aromatic rings. The Hall–Kier alpha value is -3.59. The third-order valence-corrected chi connectivity index (χ3v) is 7.24. The van der Waals surface area contributed by atoms with Gasteiger partial charge in [-0.05, 0) is 73.9 Å². The molecule has 0 saturated carbocycles. The van der Waals surface area contributed by atoms with Crippen molar-refractivity contribution in [2.75, 3.05) is 25.1 Å². The van der Waals surface area contributed by atoms with Crippen LogP contribution in [0, 0.1) is 19.7 Å². The van der Waals surface area contributed by atoms with E-state index in [9.17, 15) is 17.6 Å². The standard InChI is InChI=1S/C26H29FN2O5S/c1-17-12-18(2)14-22(13-17)29(16-26(30)28-19(3)20-6-8-21(27)9-7-20)35(31,32)23-10-11-24(33-4)25(15-23)34-5/h6-15,19H,16H2,1-5H3,(H,28,30)/t19-/m1/s1. The van der Waals surface area contributed by atoms with Crippen LogP contribution in [0.25, 0.3) is 0 Å².